The number of oxime groups is 1. The Kier molecular flexibility index (Phi) is 6.01. The zero-order valence-electron chi connectivity index (χ0n) is 10.9. The number of carbonyl (C=O) groups excluding carboxylic acids is 2. The zero-order valence-corrected chi connectivity index (χ0v) is 10.9. The largest absolute Gasteiger partial charge is 0.433 e. The van der Waals surface area contributed by atoms with Gasteiger partial charge in [0.1, 0.15) is 0 Å². The fraction of sp³-hybridized carbons (Fsp3) is 0.700. The molecule has 0 unspecified atom stereocenters. The molecule has 0 aliphatic carbocycles. The highest BCUT2D eigenvalue weighted by atomic mass is 16.7. The molecule has 0 aliphatic rings. The van der Waals surface area contributed by atoms with E-state index in [9.17, 15) is 9.59 Å². The fourth-order valence-corrected chi connectivity index (χ4v) is 0.837. The van der Waals surface area contributed by atoms with Gasteiger partial charge in [-0.3, -0.25) is 4.84 Å². The molecule has 0 atom stereocenters. The van der Waals surface area contributed by atoms with Crippen LogP contribution in [0.15, 0.2) is 5.16 Å². The third-order valence-corrected chi connectivity index (χ3v) is 2.14. The van der Waals surface area contributed by atoms with Crippen LogP contribution in [0, 0.1) is 0 Å². The van der Waals surface area contributed by atoms with Gasteiger partial charge in [0.25, 0.3) is 0 Å². The maximum atomic E-state index is 11.2. The monoisotopic (exact) mass is 244 g/mol. The molecule has 0 aromatic carbocycles. The SMILES string of the molecule is CCNC(=O)ON=C(C)C(C)(C)NC(=O)NC. The van der Waals surface area contributed by atoms with Crippen molar-refractivity contribution in [2.75, 3.05) is 13.6 Å². The summed E-state index contributed by atoms with van der Waals surface area (Å²) in [6.45, 7) is 7.40. The van der Waals surface area contributed by atoms with E-state index in [1.165, 1.54) is 7.05 Å². The molecule has 0 aromatic rings. The number of nitrogens with zero attached hydrogens (tertiary/aromatic N) is 1. The number of carbonyl (C=O) groups is 2. The average Bonchev–Trinajstić information content (AvgIpc) is 2.25. The highest BCUT2D eigenvalue weighted by molar-refractivity contribution is 5.94. The highest BCUT2D eigenvalue weighted by Crippen LogP contribution is 2.05. The van der Waals surface area contributed by atoms with E-state index < -0.39 is 11.6 Å². The number of rotatable bonds is 4. The van der Waals surface area contributed by atoms with Crippen LogP contribution in [0.25, 0.3) is 0 Å². The molecule has 3 N–H and O–H groups in total. The van der Waals surface area contributed by atoms with E-state index in [0.29, 0.717) is 12.3 Å². The van der Waals surface area contributed by atoms with Crippen molar-refractivity contribution in [3.63, 3.8) is 0 Å². The van der Waals surface area contributed by atoms with Crippen molar-refractivity contribution in [1.29, 1.82) is 0 Å². The number of hydrogen-bond acceptors (Lipinski definition) is 4. The van der Waals surface area contributed by atoms with Crippen LogP contribution < -0.4 is 16.0 Å². The lowest BCUT2D eigenvalue weighted by molar-refractivity contribution is 0.150. The molecule has 0 saturated carbocycles. The van der Waals surface area contributed by atoms with Gasteiger partial charge in [0.2, 0.25) is 0 Å². The van der Waals surface area contributed by atoms with E-state index in [4.69, 9.17) is 0 Å². The molecule has 0 saturated heterocycles. The predicted octanol–water partition coefficient (Wildman–Crippen LogP) is 0.816. The van der Waals surface area contributed by atoms with E-state index >= 15 is 0 Å². The van der Waals surface area contributed by atoms with Crippen molar-refractivity contribution >= 4 is 17.8 Å². The Labute approximate surface area is 101 Å². The molecule has 0 bridgehead atoms. The molecule has 0 radical (unpaired) electrons. The average molecular weight is 244 g/mol. The maximum Gasteiger partial charge on any atom is 0.433 e. The van der Waals surface area contributed by atoms with Gasteiger partial charge in [0.15, 0.2) is 0 Å². The van der Waals surface area contributed by atoms with Crippen LogP contribution in [0.1, 0.15) is 27.7 Å². The molecule has 0 fully saturated rings. The first-order chi connectivity index (χ1) is 7.83. The van der Waals surface area contributed by atoms with Crippen LogP contribution >= 0.6 is 0 Å². The molecular weight excluding hydrogens is 224 g/mol. The molecule has 7 heteroatoms. The molecule has 0 heterocycles. The quantitative estimate of drug-likeness (QED) is 0.388. The number of nitrogens with one attached hydrogen (secondary N) is 3. The van der Waals surface area contributed by atoms with Crippen molar-refractivity contribution in [3.8, 4) is 0 Å². The molecule has 0 aromatic heterocycles. The minimum Gasteiger partial charge on any atom is -0.341 e. The summed E-state index contributed by atoms with van der Waals surface area (Å²) in [6, 6.07) is -0.331. The van der Waals surface area contributed by atoms with Gasteiger partial charge >= 0.3 is 12.1 Å². The molecular formula is C10H20N4O3. The third-order valence-electron chi connectivity index (χ3n) is 2.14. The van der Waals surface area contributed by atoms with E-state index in [2.05, 4.69) is 25.9 Å². The Bertz CT molecular complexity index is 313. The van der Waals surface area contributed by atoms with Crippen molar-refractivity contribution in [3.05, 3.63) is 0 Å². The van der Waals surface area contributed by atoms with Crippen molar-refractivity contribution < 1.29 is 14.4 Å². The molecule has 0 rings (SSSR count). The van der Waals surface area contributed by atoms with Gasteiger partial charge in [0, 0.05) is 13.6 Å². The van der Waals surface area contributed by atoms with Crippen LogP contribution in [0.4, 0.5) is 9.59 Å². The lowest BCUT2D eigenvalue weighted by Crippen LogP contribution is -2.51. The van der Waals surface area contributed by atoms with Gasteiger partial charge in [-0.1, -0.05) is 5.16 Å². The van der Waals surface area contributed by atoms with Crippen LogP contribution in [-0.4, -0.2) is 37.0 Å². The number of amides is 3. The van der Waals surface area contributed by atoms with Gasteiger partial charge in [0.05, 0.1) is 11.3 Å². The van der Waals surface area contributed by atoms with Crippen LogP contribution in [-0.2, 0) is 4.84 Å². The smallest absolute Gasteiger partial charge is 0.341 e. The lowest BCUT2D eigenvalue weighted by atomic mass is 10.0. The Morgan fingerprint density at radius 2 is 1.94 bits per heavy atom. The van der Waals surface area contributed by atoms with Gasteiger partial charge in [-0.15, -0.1) is 0 Å². The zero-order chi connectivity index (χ0) is 13.5. The number of hydrogen-bond donors (Lipinski definition) is 3. The fourth-order valence-electron chi connectivity index (χ4n) is 0.837. The number of urea groups is 1. The van der Waals surface area contributed by atoms with Gasteiger partial charge in [-0.25, -0.2) is 9.59 Å². The summed E-state index contributed by atoms with van der Waals surface area (Å²) in [6.07, 6.45) is -0.623. The van der Waals surface area contributed by atoms with Crippen LogP contribution in [0.3, 0.4) is 0 Å². The Morgan fingerprint density at radius 3 is 2.41 bits per heavy atom. The Morgan fingerprint density at radius 1 is 1.35 bits per heavy atom. The van der Waals surface area contributed by atoms with E-state index in [1.54, 1.807) is 27.7 Å². The second kappa shape index (κ2) is 6.72. The molecule has 98 valence electrons. The third kappa shape index (κ3) is 5.74. The molecule has 17 heavy (non-hydrogen) atoms. The summed E-state index contributed by atoms with van der Waals surface area (Å²) in [4.78, 5) is 26.8. The Balaban J connectivity index is 4.45. The topological polar surface area (TPSA) is 91.8 Å². The van der Waals surface area contributed by atoms with E-state index in [-0.39, 0.29) is 6.03 Å². The molecule has 0 aliphatic heterocycles. The van der Waals surface area contributed by atoms with Gasteiger partial charge in [-0.05, 0) is 27.7 Å². The summed E-state index contributed by atoms with van der Waals surface area (Å²) in [5, 5.41) is 11.2. The van der Waals surface area contributed by atoms with Crippen molar-refractivity contribution in [2.24, 2.45) is 5.16 Å². The summed E-state index contributed by atoms with van der Waals surface area (Å²) >= 11 is 0. The van der Waals surface area contributed by atoms with E-state index in [0.717, 1.165) is 0 Å². The minimum absolute atomic E-state index is 0.331. The van der Waals surface area contributed by atoms with Gasteiger partial charge < -0.3 is 16.0 Å². The molecule has 7 nitrogen and oxygen atoms in total. The second-order valence-corrected chi connectivity index (χ2v) is 3.91. The van der Waals surface area contributed by atoms with Crippen LogP contribution in [0.2, 0.25) is 0 Å². The van der Waals surface area contributed by atoms with Crippen molar-refractivity contribution in [1.82, 2.24) is 16.0 Å². The lowest BCUT2D eigenvalue weighted by Gasteiger charge is -2.25. The molecule has 0 spiro atoms. The summed E-state index contributed by atoms with van der Waals surface area (Å²) in [5.41, 5.74) is -0.223. The Hall–Kier alpha value is -1.79. The highest BCUT2D eigenvalue weighted by Gasteiger charge is 2.24. The summed E-state index contributed by atoms with van der Waals surface area (Å²) in [7, 11) is 1.52. The second-order valence-electron chi connectivity index (χ2n) is 3.91. The van der Waals surface area contributed by atoms with Gasteiger partial charge in [-0.2, -0.15) is 0 Å². The summed E-state index contributed by atoms with van der Waals surface area (Å²) in [5.74, 6) is 0. The van der Waals surface area contributed by atoms with Crippen LogP contribution in [0.5, 0.6) is 0 Å². The normalized spacial score (nSPS) is 11.7. The standard InChI is InChI=1S/C10H20N4O3/c1-6-12-9(16)17-14-7(2)10(3,4)13-8(15)11-5/h6H2,1-5H3,(H,12,16)(H2,11,13,15). The first-order valence-corrected chi connectivity index (χ1v) is 5.33. The first-order valence-electron chi connectivity index (χ1n) is 5.33. The van der Waals surface area contributed by atoms with Crippen molar-refractivity contribution in [2.45, 2.75) is 33.2 Å². The maximum absolute atomic E-state index is 11.2. The predicted molar refractivity (Wildman–Crippen MR) is 64.9 cm³/mol. The molecule has 3 amide bonds. The minimum atomic E-state index is -0.702. The van der Waals surface area contributed by atoms with E-state index in [1.807, 2.05) is 0 Å². The summed E-state index contributed by atoms with van der Waals surface area (Å²) < 4.78 is 0. The first kappa shape index (κ1) is 15.2.